The molecule has 2 heterocycles. The Morgan fingerprint density at radius 1 is 1.12 bits per heavy atom. The number of imide groups is 1. The summed E-state index contributed by atoms with van der Waals surface area (Å²) in [6.07, 6.45) is 0.348. The first-order valence-corrected chi connectivity index (χ1v) is 8.66. The summed E-state index contributed by atoms with van der Waals surface area (Å²) >= 11 is 0. The number of amides is 3. The number of carbonyl (C=O) groups excluding carboxylic acids is 3. The second kappa shape index (κ2) is 6.23. The average Bonchev–Trinajstić information content (AvgIpc) is 3.11. The number of fused-ring (bicyclic) bond motifs is 1. The number of carboxylic acid groups (broad SMARTS) is 1. The second-order valence-electron chi connectivity index (χ2n) is 7.59. The zero-order chi connectivity index (χ0) is 19.2. The molecule has 7 heteroatoms. The minimum absolute atomic E-state index is 0.0769. The lowest BCUT2D eigenvalue weighted by atomic mass is 9.90. The van der Waals surface area contributed by atoms with Gasteiger partial charge in [0.2, 0.25) is 5.91 Å². The van der Waals surface area contributed by atoms with Crippen LogP contribution in [-0.4, -0.2) is 57.7 Å². The van der Waals surface area contributed by atoms with Crippen molar-refractivity contribution in [1.82, 2.24) is 9.80 Å². The third-order valence-corrected chi connectivity index (χ3v) is 5.29. The highest BCUT2D eigenvalue weighted by atomic mass is 16.4. The van der Waals surface area contributed by atoms with Crippen molar-refractivity contribution >= 4 is 23.7 Å². The summed E-state index contributed by atoms with van der Waals surface area (Å²) in [7, 11) is 0. The fourth-order valence-electron chi connectivity index (χ4n) is 3.67. The fourth-order valence-corrected chi connectivity index (χ4v) is 3.67. The molecule has 3 rings (SSSR count). The van der Waals surface area contributed by atoms with E-state index in [4.69, 9.17) is 0 Å². The molecule has 2 unspecified atom stereocenters. The third kappa shape index (κ3) is 2.67. The monoisotopic (exact) mass is 358 g/mol. The molecule has 7 nitrogen and oxygen atoms in total. The predicted molar refractivity (Wildman–Crippen MR) is 92.5 cm³/mol. The molecule has 2 aliphatic rings. The number of likely N-dealkylation sites (tertiary alicyclic amines) is 1. The van der Waals surface area contributed by atoms with Gasteiger partial charge in [-0.2, -0.15) is 0 Å². The molecule has 0 saturated carbocycles. The molecule has 1 aromatic carbocycles. The molecule has 138 valence electrons. The first-order chi connectivity index (χ1) is 12.2. The van der Waals surface area contributed by atoms with Crippen LogP contribution in [0.3, 0.4) is 0 Å². The van der Waals surface area contributed by atoms with Crippen molar-refractivity contribution < 1.29 is 24.3 Å². The van der Waals surface area contributed by atoms with Crippen LogP contribution in [0.1, 0.15) is 47.9 Å². The van der Waals surface area contributed by atoms with Gasteiger partial charge in [0.1, 0.15) is 6.04 Å². The van der Waals surface area contributed by atoms with Gasteiger partial charge in [-0.15, -0.1) is 0 Å². The van der Waals surface area contributed by atoms with Crippen LogP contribution in [0.2, 0.25) is 0 Å². The summed E-state index contributed by atoms with van der Waals surface area (Å²) in [5.41, 5.74) is -0.403. The summed E-state index contributed by atoms with van der Waals surface area (Å²) in [6.45, 7) is 5.54. The van der Waals surface area contributed by atoms with Crippen LogP contribution in [0.25, 0.3) is 0 Å². The summed E-state index contributed by atoms with van der Waals surface area (Å²) in [4.78, 5) is 52.6. The molecule has 0 bridgehead atoms. The van der Waals surface area contributed by atoms with Crippen LogP contribution in [0, 0.1) is 11.3 Å². The number of hydrogen-bond donors (Lipinski definition) is 1. The minimum atomic E-state index is -1.00. The standard InChI is InChI=1S/C19H22N2O5/c1-11(2)14(17(24)20-9-8-19(3,10-20)18(25)26)21-15(22)12-6-4-5-7-13(12)16(21)23/h4-7,11,14H,8-10H2,1-3H3,(H,25,26). The van der Waals surface area contributed by atoms with Crippen molar-refractivity contribution in [3.8, 4) is 0 Å². The maximum absolute atomic E-state index is 13.1. The molecule has 2 aliphatic heterocycles. The highest BCUT2D eigenvalue weighted by Crippen LogP contribution is 2.33. The van der Waals surface area contributed by atoms with Gasteiger partial charge in [0.05, 0.1) is 16.5 Å². The first kappa shape index (κ1) is 18.1. The maximum atomic E-state index is 13.1. The van der Waals surface area contributed by atoms with Crippen LogP contribution in [0.5, 0.6) is 0 Å². The molecular formula is C19H22N2O5. The van der Waals surface area contributed by atoms with Crippen LogP contribution in [0.4, 0.5) is 0 Å². The molecule has 1 saturated heterocycles. The number of aliphatic carboxylic acids is 1. The quantitative estimate of drug-likeness (QED) is 0.826. The van der Waals surface area contributed by atoms with E-state index in [2.05, 4.69) is 0 Å². The van der Waals surface area contributed by atoms with E-state index in [1.807, 2.05) is 0 Å². The second-order valence-corrected chi connectivity index (χ2v) is 7.59. The van der Waals surface area contributed by atoms with Gasteiger partial charge in [-0.05, 0) is 31.4 Å². The van der Waals surface area contributed by atoms with Crippen molar-refractivity contribution in [2.24, 2.45) is 11.3 Å². The van der Waals surface area contributed by atoms with Crippen LogP contribution >= 0.6 is 0 Å². The van der Waals surface area contributed by atoms with Crippen molar-refractivity contribution in [3.63, 3.8) is 0 Å². The summed E-state index contributed by atoms with van der Waals surface area (Å²) in [6, 6.07) is 5.57. The van der Waals surface area contributed by atoms with Gasteiger partial charge >= 0.3 is 5.97 Å². The molecule has 0 radical (unpaired) electrons. The van der Waals surface area contributed by atoms with E-state index in [0.717, 1.165) is 4.90 Å². The Hall–Kier alpha value is -2.70. The molecular weight excluding hydrogens is 336 g/mol. The van der Waals surface area contributed by atoms with E-state index >= 15 is 0 Å². The summed E-state index contributed by atoms with van der Waals surface area (Å²) < 4.78 is 0. The van der Waals surface area contributed by atoms with Crippen LogP contribution < -0.4 is 0 Å². The fraction of sp³-hybridized carbons (Fsp3) is 0.474. The molecule has 1 aromatic rings. The van der Waals surface area contributed by atoms with Gasteiger partial charge in [0, 0.05) is 13.1 Å². The normalized spacial score (nSPS) is 23.5. The number of carbonyl (C=O) groups is 4. The topological polar surface area (TPSA) is 95.0 Å². The number of carboxylic acids is 1. The van der Waals surface area contributed by atoms with Gasteiger partial charge in [-0.1, -0.05) is 26.0 Å². The van der Waals surface area contributed by atoms with Gasteiger partial charge in [0.15, 0.2) is 0 Å². The minimum Gasteiger partial charge on any atom is -0.481 e. The molecule has 1 fully saturated rings. The molecule has 0 spiro atoms. The van der Waals surface area contributed by atoms with Crippen LogP contribution in [0.15, 0.2) is 24.3 Å². The Morgan fingerprint density at radius 2 is 1.65 bits per heavy atom. The lowest BCUT2D eigenvalue weighted by Crippen LogP contribution is -2.53. The Kier molecular flexibility index (Phi) is 4.34. The number of rotatable bonds is 4. The Balaban J connectivity index is 1.90. The number of nitrogens with zero attached hydrogens (tertiary/aromatic N) is 2. The molecule has 2 atom stereocenters. The summed E-state index contributed by atoms with van der Waals surface area (Å²) in [5.74, 6) is -2.56. The van der Waals surface area contributed by atoms with Crippen molar-refractivity contribution in [1.29, 1.82) is 0 Å². The van der Waals surface area contributed by atoms with Gasteiger partial charge in [-0.3, -0.25) is 24.1 Å². The summed E-state index contributed by atoms with van der Waals surface area (Å²) in [5, 5.41) is 9.38. The van der Waals surface area contributed by atoms with E-state index < -0.39 is 29.2 Å². The van der Waals surface area contributed by atoms with E-state index in [1.165, 1.54) is 4.90 Å². The van der Waals surface area contributed by atoms with E-state index in [-0.39, 0.29) is 18.4 Å². The zero-order valence-electron chi connectivity index (χ0n) is 15.1. The first-order valence-electron chi connectivity index (χ1n) is 8.66. The van der Waals surface area contributed by atoms with Crippen molar-refractivity contribution in [2.75, 3.05) is 13.1 Å². The maximum Gasteiger partial charge on any atom is 0.311 e. The number of benzene rings is 1. The molecule has 1 N–H and O–H groups in total. The SMILES string of the molecule is CC(C)C(C(=O)N1CCC(C)(C(=O)O)C1)N1C(=O)c2ccccc2C1=O. The molecule has 0 aliphatic carbocycles. The Bertz CT molecular complexity index is 768. The van der Waals surface area contributed by atoms with E-state index in [1.54, 1.807) is 45.0 Å². The Morgan fingerprint density at radius 3 is 2.08 bits per heavy atom. The highest BCUT2D eigenvalue weighted by Gasteiger charge is 2.48. The third-order valence-electron chi connectivity index (χ3n) is 5.29. The zero-order valence-corrected chi connectivity index (χ0v) is 15.1. The smallest absolute Gasteiger partial charge is 0.311 e. The number of hydrogen-bond acceptors (Lipinski definition) is 4. The van der Waals surface area contributed by atoms with Gasteiger partial charge in [0.25, 0.3) is 11.8 Å². The van der Waals surface area contributed by atoms with E-state index in [9.17, 15) is 24.3 Å². The van der Waals surface area contributed by atoms with Crippen LogP contribution in [-0.2, 0) is 9.59 Å². The molecule has 3 amide bonds. The molecule has 26 heavy (non-hydrogen) atoms. The highest BCUT2D eigenvalue weighted by molar-refractivity contribution is 6.22. The lowest BCUT2D eigenvalue weighted by Gasteiger charge is -2.32. The van der Waals surface area contributed by atoms with E-state index in [0.29, 0.717) is 24.1 Å². The molecule has 0 aromatic heterocycles. The van der Waals surface area contributed by atoms with Crippen molar-refractivity contribution in [3.05, 3.63) is 35.4 Å². The predicted octanol–water partition coefficient (Wildman–Crippen LogP) is 1.63. The lowest BCUT2D eigenvalue weighted by molar-refractivity contribution is -0.147. The average molecular weight is 358 g/mol. The largest absolute Gasteiger partial charge is 0.481 e. The Labute approximate surface area is 151 Å². The van der Waals surface area contributed by atoms with Crippen molar-refractivity contribution in [2.45, 2.75) is 33.2 Å². The van der Waals surface area contributed by atoms with Gasteiger partial charge < -0.3 is 10.0 Å². The van der Waals surface area contributed by atoms with Gasteiger partial charge in [-0.25, -0.2) is 0 Å².